The molecule has 0 saturated heterocycles. The zero-order chi connectivity index (χ0) is 15.5. The zero-order valence-electron chi connectivity index (χ0n) is 12.7. The standard InChI is InChI=1S/C20H20O2/c1-14-18(13-21)11-12-19(14)20(22)17-9-7-16(8-10-17)15-5-3-2-4-6-15/h2-10,13-14,18-19H,11-12H2,1H3/t14-,18-,19?/m0/s1. The highest BCUT2D eigenvalue weighted by Gasteiger charge is 2.37. The van der Waals surface area contributed by atoms with Crippen LogP contribution in [0.15, 0.2) is 54.6 Å². The summed E-state index contributed by atoms with van der Waals surface area (Å²) in [5.41, 5.74) is 3.02. The maximum atomic E-state index is 12.7. The van der Waals surface area contributed by atoms with Gasteiger partial charge in [0.05, 0.1) is 0 Å². The van der Waals surface area contributed by atoms with Gasteiger partial charge in [-0.2, -0.15) is 0 Å². The molecule has 112 valence electrons. The van der Waals surface area contributed by atoms with Crippen molar-refractivity contribution in [3.05, 3.63) is 60.2 Å². The predicted molar refractivity (Wildman–Crippen MR) is 87.7 cm³/mol. The summed E-state index contributed by atoms with van der Waals surface area (Å²) < 4.78 is 0. The summed E-state index contributed by atoms with van der Waals surface area (Å²) in [6.07, 6.45) is 2.67. The Morgan fingerprint density at radius 2 is 1.59 bits per heavy atom. The zero-order valence-corrected chi connectivity index (χ0v) is 12.7. The molecule has 2 heteroatoms. The number of carbonyl (C=O) groups is 2. The van der Waals surface area contributed by atoms with Gasteiger partial charge >= 0.3 is 0 Å². The van der Waals surface area contributed by atoms with E-state index in [2.05, 4.69) is 12.1 Å². The lowest BCUT2D eigenvalue weighted by Gasteiger charge is -2.16. The Kier molecular flexibility index (Phi) is 4.19. The summed E-state index contributed by atoms with van der Waals surface area (Å²) in [7, 11) is 0. The van der Waals surface area contributed by atoms with Gasteiger partial charge in [0.2, 0.25) is 0 Å². The van der Waals surface area contributed by atoms with E-state index >= 15 is 0 Å². The molecule has 3 rings (SSSR count). The van der Waals surface area contributed by atoms with Crippen LogP contribution in [0, 0.1) is 17.8 Å². The number of benzene rings is 2. The molecule has 2 aromatic carbocycles. The number of hydrogen-bond donors (Lipinski definition) is 0. The summed E-state index contributed by atoms with van der Waals surface area (Å²) in [6, 6.07) is 17.9. The van der Waals surface area contributed by atoms with Crippen molar-refractivity contribution in [2.45, 2.75) is 19.8 Å². The van der Waals surface area contributed by atoms with Crippen molar-refractivity contribution >= 4 is 12.1 Å². The molecule has 2 nitrogen and oxygen atoms in total. The van der Waals surface area contributed by atoms with E-state index < -0.39 is 0 Å². The molecule has 1 aliphatic carbocycles. The first kappa shape index (κ1) is 14.7. The molecule has 1 unspecified atom stereocenters. The van der Waals surface area contributed by atoms with E-state index in [-0.39, 0.29) is 23.5 Å². The Bertz CT molecular complexity index is 658. The van der Waals surface area contributed by atoms with Crippen molar-refractivity contribution < 1.29 is 9.59 Å². The quantitative estimate of drug-likeness (QED) is 0.618. The fourth-order valence-corrected chi connectivity index (χ4v) is 3.43. The van der Waals surface area contributed by atoms with E-state index in [4.69, 9.17) is 0 Å². The molecule has 0 amide bonds. The Labute approximate surface area is 131 Å². The van der Waals surface area contributed by atoms with Gasteiger partial charge in [-0.1, -0.05) is 61.5 Å². The van der Waals surface area contributed by atoms with Gasteiger partial charge < -0.3 is 4.79 Å². The minimum atomic E-state index is -0.0159. The lowest BCUT2D eigenvalue weighted by molar-refractivity contribution is -0.111. The van der Waals surface area contributed by atoms with Crippen LogP contribution in [-0.2, 0) is 4.79 Å². The molecule has 1 fully saturated rings. The van der Waals surface area contributed by atoms with Gasteiger partial charge in [-0.25, -0.2) is 0 Å². The van der Waals surface area contributed by atoms with Crippen molar-refractivity contribution in [3.63, 3.8) is 0 Å². The molecule has 0 radical (unpaired) electrons. The Morgan fingerprint density at radius 1 is 0.955 bits per heavy atom. The Balaban J connectivity index is 1.79. The molecule has 0 N–H and O–H groups in total. The minimum absolute atomic E-state index is 0.0159. The van der Waals surface area contributed by atoms with Crippen LogP contribution in [-0.4, -0.2) is 12.1 Å². The molecule has 0 bridgehead atoms. The van der Waals surface area contributed by atoms with Gasteiger partial charge in [0.1, 0.15) is 6.29 Å². The summed E-state index contributed by atoms with van der Waals surface area (Å²) in [4.78, 5) is 23.7. The molecule has 0 aliphatic heterocycles. The Hall–Kier alpha value is -2.22. The van der Waals surface area contributed by atoms with Crippen LogP contribution in [0.4, 0.5) is 0 Å². The second kappa shape index (κ2) is 6.27. The topological polar surface area (TPSA) is 34.1 Å². The minimum Gasteiger partial charge on any atom is -0.303 e. The Morgan fingerprint density at radius 3 is 2.18 bits per heavy atom. The van der Waals surface area contributed by atoms with Crippen LogP contribution in [0.3, 0.4) is 0 Å². The first-order valence-corrected chi connectivity index (χ1v) is 7.85. The highest BCUT2D eigenvalue weighted by molar-refractivity contribution is 5.98. The van der Waals surface area contributed by atoms with Crippen molar-refractivity contribution in [3.8, 4) is 11.1 Å². The van der Waals surface area contributed by atoms with Gasteiger partial charge in [0, 0.05) is 17.4 Å². The van der Waals surface area contributed by atoms with E-state index in [1.165, 1.54) is 0 Å². The molecule has 3 atom stereocenters. The van der Waals surface area contributed by atoms with Crippen LogP contribution >= 0.6 is 0 Å². The summed E-state index contributed by atoms with van der Waals surface area (Å²) in [5.74, 6) is 0.352. The van der Waals surface area contributed by atoms with Crippen LogP contribution in [0.25, 0.3) is 11.1 Å². The molecule has 1 saturated carbocycles. The van der Waals surface area contributed by atoms with Crippen molar-refractivity contribution in [1.29, 1.82) is 0 Å². The lowest BCUT2D eigenvalue weighted by Crippen LogP contribution is -2.20. The van der Waals surface area contributed by atoms with E-state index in [0.29, 0.717) is 0 Å². The highest BCUT2D eigenvalue weighted by atomic mass is 16.1. The first-order chi connectivity index (χ1) is 10.7. The van der Waals surface area contributed by atoms with E-state index in [1.54, 1.807) is 0 Å². The van der Waals surface area contributed by atoms with E-state index in [1.807, 2.05) is 49.4 Å². The third-order valence-corrected chi connectivity index (χ3v) is 4.91. The van der Waals surface area contributed by atoms with Gasteiger partial charge in [-0.3, -0.25) is 4.79 Å². The summed E-state index contributed by atoms with van der Waals surface area (Å²) in [5, 5.41) is 0. The van der Waals surface area contributed by atoms with Crippen LogP contribution < -0.4 is 0 Å². The SMILES string of the molecule is C[C@@H]1C(C(=O)c2ccc(-c3ccccc3)cc2)CC[C@H]1C=O. The van der Waals surface area contributed by atoms with Gasteiger partial charge in [-0.05, 0) is 29.9 Å². The molecule has 2 aromatic rings. The molecular formula is C20H20O2. The predicted octanol–water partition coefficient (Wildman–Crippen LogP) is 4.40. The summed E-state index contributed by atoms with van der Waals surface area (Å²) >= 11 is 0. The maximum Gasteiger partial charge on any atom is 0.166 e. The maximum absolute atomic E-state index is 12.7. The molecule has 0 heterocycles. The average molecular weight is 292 g/mol. The van der Waals surface area contributed by atoms with Crippen molar-refractivity contribution in [2.24, 2.45) is 17.8 Å². The fourth-order valence-electron chi connectivity index (χ4n) is 3.43. The number of hydrogen-bond acceptors (Lipinski definition) is 2. The normalized spacial score (nSPS) is 24.1. The van der Waals surface area contributed by atoms with E-state index in [0.717, 1.165) is 35.8 Å². The van der Waals surface area contributed by atoms with Crippen molar-refractivity contribution in [1.82, 2.24) is 0 Å². The smallest absolute Gasteiger partial charge is 0.166 e. The number of aldehydes is 1. The molecule has 22 heavy (non-hydrogen) atoms. The monoisotopic (exact) mass is 292 g/mol. The molecular weight excluding hydrogens is 272 g/mol. The van der Waals surface area contributed by atoms with Crippen LogP contribution in [0.1, 0.15) is 30.1 Å². The second-order valence-corrected chi connectivity index (χ2v) is 6.15. The third-order valence-electron chi connectivity index (χ3n) is 4.91. The molecule has 1 aliphatic rings. The van der Waals surface area contributed by atoms with Gasteiger partial charge in [-0.15, -0.1) is 0 Å². The number of rotatable bonds is 4. The van der Waals surface area contributed by atoms with Crippen molar-refractivity contribution in [2.75, 3.05) is 0 Å². The fraction of sp³-hybridized carbons (Fsp3) is 0.300. The number of carbonyl (C=O) groups excluding carboxylic acids is 2. The van der Waals surface area contributed by atoms with Gasteiger partial charge in [0.25, 0.3) is 0 Å². The van der Waals surface area contributed by atoms with Gasteiger partial charge in [0.15, 0.2) is 5.78 Å². The lowest BCUT2D eigenvalue weighted by atomic mass is 9.86. The first-order valence-electron chi connectivity index (χ1n) is 7.85. The largest absolute Gasteiger partial charge is 0.303 e. The molecule has 0 spiro atoms. The average Bonchev–Trinajstić information content (AvgIpc) is 2.96. The second-order valence-electron chi connectivity index (χ2n) is 6.15. The highest BCUT2D eigenvalue weighted by Crippen LogP contribution is 2.37. The number of Topliss-reactive ketones (excluding diaryl/α,β-unsaturated/α-hetero) is 1. The third kappa shape index (κ3) is 2.74. The van der Waals surface area contributed by atoms with Crippen LogP contribution in [0.2, 0.25) is 0 Å². The van der Waals surface area contributed by atoms with E-state index in [9.17, 15) is 9.59 Å². The number of ketones is 1. The van der Waals surface area contributed by atoms with Crippen LogP contribution in [0.5, 0.6) is 0 Å². The molecule has 0 aromatic heterocycles. The summed E-state index contributed by atoms with van der Waals surface area (Å²) in [6.45, 7) is 2.02.